The summed E-state index contributed by atoms with van der Waals surface area (Å²) in [6.07, 6.45) is 0.876. The molecule has 1 aliphatic rings. The molecular weight excluding hydrogens is 290 g/mol. The number of carbonyl (C=O) groups is 1. The van der Waals surface area contributed by atoms with E-state index in [0.717, 1.165) is 0 Å². The lowest BCUT2D eigenvalue weighted by molar-refractivity contribution is -0.132. The topological polar surface area (TPSA) is 92.5 Å². The molecule has 1 aromatic rings. The number of rotatable bonds is 3. The van der Waals surface area contributed by atoms with E-state index >= 15 is 0 Å². The number of nitrogen functional groups attached to an aromatic ring is 1. The van der Waals surface area contributed by atoms with Crippen molar-refractivity contribution in [2.75, 3.05) is 19.3 Å². The Morgan fingerprint density at radius 1 is 1.33 bits per heavy atom. The van der Waals surface area contributed by atoms with Crippen molar-refractivity contribution >= 4 is 21.6 Å². The second kappa shape index (κ2) is 5.65. The van der Waals surface area contributed by atoms with Gasteiger partial charge in [0.05, 0.1) is 4.90 Å². The first-order valence-corrected chi connectivity index (χ1v) is 8.32. The van der Waals surface area contributed by atoms with E-state index in [-0.39, 0.29) is 16.8 Å². The number of aryl methyl sites for hydroxylation is 1. The molecule has 3 N–H and O–H groups in total. The van der Waals surface area contributed by atoms with Crippen LogP contribution in [0, 0.1) is 13.8 Å². The van der Waals surface area contributed by atoms with Crippen molar-refractivity contribution in [1.82, 2.24) is 9.62 Å². The Kier molecular flexibility index (Phi) is 4.25. The van der Waals surface area contributed by atoms with Gasteiger partial charge in [-0.2, -0.15) is 0 Å². The van der Waals surface area contributed by atoms with Crippen molar-refractivity contribution in [2.45, 2.75) is 37.6 Å². The molecular formula is C14H21N3O3S. The van der Waals surface area contributed by atoms with E-state index in [4.69, 9.17) is 5.73 Å². The average molecular weight is 311 g/mol. The van der Waals surface area contributed by atoms with Crippen molar-refractivity contribution in [3.05, 3.63) is 23.3 Å². The van der Waals surface area contributed by atoms with Crippen molar-refractivity contribution in [2.24, 2.45) is 0 Å². The fourth-order valence-corrected chi connectivity index (χ4v) is 4.40. The smallest absolute Gasteiger partial charge is 0.241 e. The number of hydrogen-bond acceptors (Lipinski definition) is 4. The Hall–Kier alpha value is -1.60. The zero-order valence-corrected chi connectivity index (χ0v) is 13.3. The third-order valence-electron chi connectivity index (χ3n) is 3.86. The van der Waals surface area contributed by atoms with E-state index in [1.165, 1.54) is 0 Å². The lowest BCUT2D eigenvalue weighted by Crippen LogP contribution is -2.48. The number of anilines is 1. The SMILES string of the molecule is Cc1ccc(N)c(C)c1S(=O)(=O)NC1CCC(=O)N(C)C1. The molecule has 21 heavy (non-hydrogen) atoms. The first kappa shape index (κ1) is 15.8. The van der Waals surface area contributed by atoms with Crippen LogP contribution in [0.2, 0.25) is 0 Å². The van der Waals surface area contributed by atoms with E-state index in [2.05, 4.69) is 4.72 Å². The first-order chi connectivity index (χ1) is 9.72. The standard InChI is InChI=1S/C14H21N3O3S/c1-9-4-6-12(15)10(2)14(9)21(19,20)16-11-5-7-13(18)17(3)8-11/h4,6,11,16H,5,7-8,15H2,1-3H3. The van der Waals surface area contributed by atoms with E-state index in [1.807, 2.05) is 0 Å². The molecule has 0 aliphatic carbocycles. The van der Waals surface area contributed by atoms with Crippen LogP contribution < -0.4 is 10.5 Å². The Morgan fingerprint density at radius 3 is 2.62 bits per heavy atom. The lowest BCUT2D eigenvalue weighted by atomic mass is 10.1. The largest absolute Gasteiger partial charge is 0.398 e. The average Bonchev–Trinajstić information content (AvgIpc) is 2.38. The van der Waals surface area contributed by atoms with Gasteiger partial charge in [0.2, 0.25) is 15.9 Å². The number of amides is 1. The summed E-state index contributed by atoms with van der Waals surface area (Å²) in [6, 6.07) is 3.14. The van der Waals surface area contributed by atoms with Crippen LogP contribution in [-0.4, -0.2) is 38.9 Å². The Balaban J connectivity index is 2.28. The summed E-state index contributed by atoms with van der Waals surface area (Å²) in [5.74, 6) is 0.0433. The van der Waals surface area contributed by atoms with Gasteiger partial charge in [0.1, 0.15) is 0 Å². The minimum Gasteiger partial charge on any atom is -0.398 e. The van der Waals surface area contributed by atoms with E-state index in [1.54, 1.807) is 37.9 Å². The van der Waals surface area contributed by atoms with E-state index in [9.17, 15) is 13.2 Å². The summed E-state index contributed by atoms with van der Waals surface area (Å²) < 4.78 is 27.9. The second-order valence-electron chi connectivity index (χ2n) is 5.56. The zero-order chi connectivity index (χ0) is 15.8. The molecule has 0 aromatic heterocycles. The highest BCUT2D eigenvalue weighted by Crippen LogP contribution is 2.25. The van der Waals surface area contributed by atoms with Crippen LogP contribution >= 0.6 is 0 Å². The molecule has 7 heteroatoms. The summed E-state index contributed by atoms with van der Waals surface area (Å²) in [5.41, 5.74) is 7.49. The molecule has 1 aliphatic heterocycles. The van der Waals surface area contributed by atoms with Crippen LogP contribution in [0.4, 0.5) is 5.69 Å². The van der Waals surface area contributed by atoms with Crippen LogP contribution in [0.5, 0.6) is 0 Å². The highest BCUT2D eigenvalue weighted by molar-refractivity contribution is 7.89. The van der Waals surface area contributed by atoms with Crippen molar-refractivity contribution in [1.29, 1.82) is 0 Å². The molecule has 6 nitrogen and oxygen atoms in total. The third-order valence-corrected chi connectivity index (χ3v) is 5.67. The zero-order valence-electron chi connectivity index (χ0n) is 12.5. The number of piperidine rings is 1. The predicted molar refractivity (Wildman–Crippen MR) is 81.3 cm³/mol. The second-order valence-corrected chi connectivity index (χ2v) is 7.21. The van der Waals surface area contributed by atoms with Gasteiger partial charge < -0.3 is 10.6 Å². The van der Waals surface area contributed by atoms with Gasteiger partial charge in [0.15, 0.2) is 0 Å². The van der Waals surface area contributed by atoms with Crippen LogP contribution in [0.15, 0.2) is 17.0 Å². The molecule has 116 valence electrons. The molecule has 1 atom stereocenters. The Bertz CT molecular complexity index is 670. The van der Waals surface area contributed by atoms with Gasteiger partial charge in [-0.05, 0) is 37.5 Å². The predicted octanol–water partition coefficient (Wildman–Crippen LogP) is 0.785. The molecule has 1 fully saturated rings. The van der Waals surface area contributed by atoms with Gasteiger partial charge >= 0.3 is 0 Å². The number of nitrogens with zero attached hydrogens (tertiary/aromatic N) is 1. The molecule has 2 rings (SSSR count). The number of sulfonamides is 1. The summed E-state index contributed by atoms with van der Waals surface area (Å²) in [4.78, 5) is 13.2. The normalized spacial score (nSPS) is 19.9. The first-order valence-electron chi connectivity index (χ1n) is 6.84. The number of likely N-dealkylation sites (tertiary alicyclic amines) is 1. The highest BCUT2D eigenvalue weighted by atomic mass is 32.2. The van der Waals surface area contributed by atoms with Crippen LogP contribution in [-0.2, 0) is 14.8 Å². The van der Waals surface area contributed by atoms with Gasteiger partial charge in [-0.3, -0.25) is 4.79 Å². The fourth-order valence-electron chi connectivity index (χ4n) is 2.64. The molecule has 1 aromatic carbocycles. The van der Waals surface area contributed by atoms with Gasteiger partial charge in [-0.25, -0.2) is 13.1 Å². The maximum Gasteiger partial charge on any atom is 0.241 e. The van der Waals surface area contributed by atoms with Crippen molar-refractivity contribution in [3.63, 3.8) is 0 Å². The van der Waals surface area contributed by atoms with E-state index < -0.39 is 10.0 Å². The monoisotopic (exact) mass is 311 g/mol. The summed E-state index contributed by atoms with van der Waals surface area (Å²) in [7, 11) is -1.97. The molecule has 0 saturated carbocycles. The number of benzene rings is 1. The Morgan fingerprint density at radius 2 is 2.00 bits per heavy atom. The number of likely N-dealkylation sites (N-methyl/N-ethyl adjacent to an activating group) is 1. The van der Waals surface area contributed by atoms with E-state index in [0.29, 0.717) is 36.2 Å². The van der Waals surface area contributed by atoms with Gasteiger partial charge in [0, 0.05) is 31.7 Å². The highest BCUT2D eigenvalue weighted by Gasteiger charge is 2.29. The number of carbonyl (C=O) groups excluding carboxylic acids is 1. The van der Waals surface area contributed by atoms with Gasteiger partial charge in [-0.1, -0.05) is 6.07 Å². The number of nitrogens with two attached hydrogens (primary N) is 1. The molecule has 0 radical (unpaired) electrons. The Labute approximate surface area is 125 Å². The quantitative estimate of drug-likeness (QED) is 0.807. The molecule has 0 bridgehead atoms. The summed E-state index contributed by atoms with van der Waals surface area (Å²) in [6.45, 7) is 3.84. The third kappa shape index (κ3) is 3.19. The molecule has 1 amide bonds. The van der Waals surface area contributed by atoms with Crippen LogP contribution in [0.3, 0.4) is 0 Å². The summed E-state index contributed by atoms with van der Waals surface area (Å²) >= 11 is 0. The lowest BCUT2D eigenvalue weighted by Gasteiger charge is -2.30. The number of hydrogen-bond donors (Lipinski definition) is 2. The number of nitrogens with one attached hydrogen (secondary N) is 1. The minimum absolute atomic E-state index is 0.0433. The maximum atomic E-state index is 12.6. The maximum absolute atomic E-state index is 12.6. The van der Waals surface area contributed by atoms with Crippen LogP contribution in [0.25, 0.3) is 0 Å². The van der Waals surface area contributed by atoms with Crippen molar-refractivity contribution < 1.29 is 13.2 Å². The van der Waals surface area contributed by atoms with Gasteiger partial charge in [0.25, 0.3) is 0 Å². The molecule has 1 saturated heterocycles. The minimum atomic E-state index is -3.65. The van der Waals surface area contributed by atoms with Gasteiger partial charge in [-0.15, -0.1) is 0 Å². The molecule has 0 spiro atoms. The van der Waals surface area contributed by atoms with Crippen LogP contribution in [0.1, 0.15) is 24.0 Å². The molecule has 1 unspecified atom stereocenters. The molecule has 1 heterocycles. The summed E-state index contributed by atoms with van der Waals surface area (Å²) in [5, 5.41) is 0. The van der Waals surface area contributed by atoms with Crippen molar-refractivity contribution in [3.8, 4) is 0 Å². The fraction of sp³-hybridized carbons (Fsp3) is 0.500.